The number of carbonyl (C=O) groups is 2. The smallest absolute Gasteiger partial charge is 0.410 e. The van der Waals surface area contributed by atoms with Crippen LogP contribution in [0.15, 0.2) is 47.6 Å². The van der Waals surface area contributed by atoms with Gasteiger partial charge in [-0.2, -0.15) is 0 Å². The second-order valence-corrected chi connectivity index (χ2v) is 10.3. The maximum Gasteiger partial charge on any atom is 0.410 e. The first-order valence-electron chi connectivity index (χ1n) is 12.4. The molecule has 0 unspecified atom stereocenters. The van der Waals surface area contributed by atoms with Crippen LogP contribution in [-0.4, -0.2) is 41.6 Å². The van der Waals surface area contributed by atoms with E-state index in [1.54, 1.807) is 4.90 Å². The molecule has 32 heavy (non-hydrogen) atoms. The topological polar surface area (TPSA) is 58.6 Å². The molecule has 1 saturated heterocycles. The van der Waals surface area contributed by atoms with Gasteiger partial charge in [0.25, 0.3) is 5.91 Å². The Labute approximate surface area is 193 Å². The summed E-state index contributed by atoms with van der Waals surface area (Å²) in [4.78, 5) is 26.7. The summed E-state index contributed by atoms with van der Waals surface area (Å²) in [6, 6.07) is -0.0521. The van der Waals surface area contributed by atoms with Crippen molar-refractivity contribution < 1.29 is 14.3 Å². The summed E-state index contributed by atoms with van der Waals surface area (Å²) in [6.45, 7) is 6.67. The number of amides is 2. The molecular formula is C27H40N2O3. The summed E-state index contributed by atoms with van der Waals surface area (Å²) in [5, 5.41) is 3.08. The van der Waals surface area contributed by atoms with Gasteiger partial charge in [0, 0.05) is 24.7 Å². The highest BCUT2D eigenvalue weighted by molar-refractivity contribution is 5.96. The van der Waals surface area contributed by atoms with Crippen molar-refractivity contribution >= 4 is 12.0 Å². The van der Waals surface area contributed by atoms with Gasteiger partial charge in [0.1, 0.15) is 5.60 Å². The average molecular weight is 441 g/mol. The van der Waals surface area contributed by atoms with E-state index in [2.05, 4.69) is 17.5 Å². The zero-order valence-corrected chi connectivity index (χ0v) is 20.1. The fraction of sp³-hybridized carbons (Fsp3) is 0.630. The van der Waals surface area contributed by atoms with Crippen LogP contribution in [0.2, 0.25) is 0 Å². The van der Waals surface area contributed by atoms with Gasteiger partial charge < -0.3 is 15.0 Å². The molecule has 1 N–H and O–H groups in total. The lowest BCUT2D eigenvalue weighted by atomic mass is 9.88. The van der Waals surface area contributed by atoms with Gasteiger partial charge in [0.05, 0.1) is 0 Å². The van der Waals surface area contributed by atoms with Crippen LogP contribution >= 0.6 is 0 Å². The Morgan fingerprint density at radius 3 is 2.28 bits per heavy atom. The second kappa shape index (κ2) is 11.5. The molecule has 176 valence electrons. The van der Waals surface area contributed by atoms with E-state index in [9.17, 15) is 9.59 Å². The van der Waals surface area contributed by atoms with E-state index in [0.717, 1.165) is 6.42 Å². The molecule has 1 atom stereocenters. The lowest BCUT2D eigenvalue weighted by Gasteiger charge is -2.24. The van der Waals surface area contributed by atoms with Crippen LogP contribution < -0.4 is 5.32 Å². The number of likely N-dealkylation sites (tertiary alicyclic amines) is 1. The molecule has 0 aromatic carbocycles. The molecule has 2 fully saturated rings. The van der Waals surface area contributed by atoms with Gasteiger partial charge in [0.15, 0.2) is 0 Å². The number of carbonyl (C=O) groups excluding carboxylic acids is 2. The number of ether oxygens (including phenoxy) is 1. The fourth-order valence-electron chi connectivity index (χ4n) is 4.67. The molecular weight excluding hydrogens is 400 g/mol. The lowest BCUT2D eigenvalue weighted by molar-refractivity contribution is -0.117. The first-order chi connectivity index (χ1) is 15.3. The molecule has 0 aromatic rings. The molecule has 0 aromatic heterocycles. The molecule has 0 radical (unpaired) electrons. The quantitative estimate of drug-likeness (QED) is 0.600. The van der Waals surface area contributed by atoms with Crippen LogP contribution in [0.25, 0.3) is 0 Å². The molecule has 1 heterocycles. The summed E-state index contributed by atoms with van der Waals surface area (Å²) in [5.41, 5.74) is 1.50. The van der Waals surface area contributed by atoms with Crippen molar-refractivity contribution in [1.29, 1.82) is 0 Å². The number of allylic oxidation sites excluding steroid dienone is 6. The molecule has 3 rings (SSSR count). The summed E-state index contributed by atoms with van der Waals surface area (Å²) in [6.07, 6.45) is 23.2. The predicted octanol–water partition coefficient (Wildman–Crippen LogP) is 5.84. The lowest BCUT2D eigenvalue weighted by Crippen LogP contribution is -2.40. The monoisotopic (exact) mass is 440 g/mol. The maximum absolute atomic E-state index is 12.8. The van der Waals surface area contributed by atoms with Crippen LogP contribution in [0.1, 0.15) is 78.6 Å². The summed E-state index contributed by atoms with van der Waals surface area (Å²) >= 11 is 0. The van der Waals surface area contributed by atoms with E-state index in [0.29, 0.717) is 24.6 Å². The van der Waals surface area contributed by atoms with Gasteiger partial charge in [-0.25, -0.2) is 4.79 Å². The minimum Gasteiger partial charge on any atom is -0.444 e. The third kappa shape index (κ3) is 7.68. The Kier molecular flexibility index (Phi) is 8.77. The predicted molar refractivity (Wildman–Crippen MR) is 129 cm³/mol. The first-order valence-corrected chi connectivity index (χ1v) is 12.4. The maximum atomic E-state index is 12.8. The van der Waals surface area contributed by atoms with E-state index in [4.69, 9.17) is 4.74 Å². The van der Waals surface area contributed by atoms with Crippen molar-refractivity contribution in [3.8, 4) is 0 Å². The zero-order chi connectivity index (χ0) is 23.0. The number of hydrogen-bond acceptors (Lipinski definition) is 3. The van der Waals surface area contributed by atoms with Crippen LogP contribution in [0.5, 0.6) is 0 Å². The SMILES string of the molecule is CC(C)(C)OC(=O)N1CC[C@@H](NC(=O)C2=C/C=C\C(C3CCCCCCCC3)=C/C=C2)C1. The summed E-state index contributed by atoms with van der Waals surface area (Å²) in [5.74, 6) is 0.524. The van der Waals surface area contributed by atoms with Gasteiger partial charge in [-0.05, 0) is 63.7 Å². The Balaban J connectivity index is 1.52. The first kappa shape index (κ1) is 24.3. The van der Waals surface area contributed by atoms with E-state index in [1.807, 2.05) is 45.1 Å². The van der Waals surface area contributed by atoms with Crippen LogP contribution in [-0.2, 0) is 9.53 Å². The molecule has 2 aliphatic carbocycles. The van der Waals surface area contributed by atoms with Crippen molar-refractivity contribution in [2.24, 2.45) is 5.92 Å². The number of nitrogens with one attached hydrogen (secondary N) is 1. The Hall–Kier alpha value is -2.30. The van der Waals surface area contributed by atoms with Crippen LogP contribution in [0.3, 0.4) is 0 Å². The van der Waals surface area contributed by atoms with E-state index >= 15 is 0 Å². The molecule has 1 aliphatic heterocycles. The highest BCUT2D eigenvalue weighted by atomic mass is 16.6. The standard InChI is InChI=1S/C27H40N2O3/c1-27(2,3)32-26(31)29-19-18-24(20-29)28-25(30)23-16-10-14-22(15-11-17-23)21-12-8-6-4-5-7-9-13-21/h10-11,14-17,21,24H,4-9,12-13,18-20H2,1-3H3,(H,28,30)/b14-10-,15-11?,16-10?,17-11?,22-14?,22-15+,23-16?,23-17?/t24-/m1/s1. The molecule has 5 heteroatoms. The third-order valence-electron chi connectivity index (χ3n) is 6.39. The molecule has 1 saturated carbocycles. The number of nitrogens with zero attached hydrogens (tertiary/aromatic N) is 1. The molecule has 0 bridgehead atoms. The van der Waals surface area contributed by atoms with Gasteiger partial charge in [-0.15, -0.1) is 0 Å². The van der Waals surface area contributed by atoms with E-state index < -0.39 is 5.60 Å². The average Bonchev–Trinajstić information content (AvgIpc) is 3.19. The van der Waals surface area contributed by atoms with Gasteiger partial charge >= 0.3 is 6.09 Å². The number of rotatable bonds is 3. The van der Waals surface area contributed by atoms with E-state index in [1.165, 1.54) is 56.9 Å². The van der Waals surface area contributed by atoms with Gasteiger partial charge in [-0.1, -0.05) is 62.8 Å². The van der Waals surface area contributed by atoms with Gasteiger partial charge in [0.2, 0.25) is 0 Å². The highest BCUT2D eigenvalue weighted by Crippen LogP contribution is 2.29. The highest BCUT2D eigenvalue weighted by Gasteiger charge is 2.30. The minimum absolute atomic E-state index is 0.0521. The Morgan fingerprint density at radius 2 is 1.59 bits per heavy atom. The van der Waals surface area contributed by atoms with Gasteiger partial charge in [-0.3, -0.25) is 4.79 Å². The van der Waals surface area contributed by atoms with Crippen molar-refractivity contribution in [2.75, 3.05) is 13.1 Å². The van der Waals surface area contributed by atoms with Crippen molar-refractivity contribution in [2.45, 2.75) is 90.2 Å². The number of hydrogen-bond donors (Lipinski definition) is 1. The largest absolute Gasteiger partial charge is 0.444 e. The van der Waals surface area contributed by atoms with Crippen molar-refractivity contribution in [3.63, 3.8) is 0 Å². The third-order valence-corrected chi connectivity index (χ3v) is 6.39. The van der Waals surface area contributed by atoms with Crippen molar-refractivity contribution in [1.82, 2.24) is 10.2 Å². The second-order valence-electron chi connectivity index (χ2n) is 10.3. The Bertz CT molecular complexity index is 775. The summed E-state index contributed by atoms with van der Waals surface area (Å²) < 4.78 is 5.44. The van der Waals surface area contributed by atoms with Crippen LogP contribution in [0.4, 0.5) is 4.79 Å². The summed E-state index contributed by atoms with van der Waals surface area (Å²) in [7, 11) is 0. The molecule has 3 aliphatic rings. The zero-order valence-electron chi connectivity index (χ0n) is 20.1. The van der Waals surface area contributed by atoms with E-state index in [-0.39, 0.29) is 18.0 Å². The molecule has 5 nitrogen and oxygen atoms in total. The van der Waals surface area contributed by atoms with Crippen molar-refractivity contribution in [3.05, 3.63) is 47.6 Å². The van der Waals surface area contributed by atoms with Crippen LogP contribution in [0, 0.1) is 5.92 Å². The fourth-order valence-corrected chi connectivity index (χ4v) is 4.67. The molecule has 2 amide bonds. The Morgan fingerprint density at radius 1 is 0.938 bits per heavy atom. The normalized spacial score (nSPS) is 25.8. The minimum atomic E-state index is -0.513. The molecule has 0 spiro atoms.